The lowest BCUT2D eigenvalue weighted by atomic mass is 10.1. The maximum atomic E-state index is 11.5. The normalized spacial score (nSPS) is 9.57. The van der Waals surface area contributed by atoms with Crippen molar-refractivity contribution in [3.05, 3.63) is 47.5 Å². The van der Waals surface area contributed by atoms with Crippen LogP contribution in [0.2, 0.25) is 0 Å². The molecular formula is C12H14O2. The van der Waals surface area contributed by atoms with Gasteiger partial charge >= 0.3 is 5.97 Å². The maximum Gasteiger partial charge on any atom is 0.338 e. The lowest BCUT2D eigenvalue weighted by Gasteiger charge is -2.06. The molecule has 0 unspecified atom stereocenters. The highest BCUT2D eigenvalue weighted by Gasteiger charge is 2.08. The SMILES string of the molecule is C=C(C)COC(=O)c1ccccc1C. The van der Waals surface area contributed by atoms with E-state index in [0.717, 1.165) is 11.1 Å². The summed E-state index contributed by atoms with van der Waals surface area (Å²) in [5.41, 5.74) is 2.39. The molecule has 0 spiro atoms. The summed E-state index contributed by atoms with van der Waals surface area (Å²) in [6.07, 6.45) is 0. The Morgan fingerprint density at radius 1 is 1.43 bits per heavy atom. The minimum Gasteiger partial charge on any atom is -0.458 e. The second kappa shape index (κ2) is 4.61. The zero-order valence-electron chi connectivity index (χ0n) is 8.54. The van der Waals surface area contributed by atoms with Gasteiger partial charge < -0.3 is 4.74 Å². The molecule has 0 atom stereocenters. The van der Waals surface area contributed by atoms with Crippen molar-refractivity contribution < 1.29 is 9.53 Å². The van der Waals surface area contributed by atoms with Gasteiger partial charge in [-0.25, -0.2) is 4.79 Å². The van der Waals surface area contributed by atoms with Crippen molar-refractivity contribution in [3.8, 4) is 0 Å². The topological polar surface area (TPSA) is 26.3 Å². The third kappa shape index (κ3) is 2.73. The highest BCUT2D eigenvalue weighted by Crippen LogP contribution is 2.08. The van der Waals surface area contributed by atoms with Gasteiger partial charge in [-0.1, -0.05) is 24.8 Å². The Hall–Kier alpha value is -1.57. The second-order valence-electron chi connectivity index (χ2n) is 3.35. The molecule has 0 aromatic heterocycles. The molecule has 0 N–H and O–H groups in total. The van der Waals surface area contributed by atoms with Gasteiger partial charge in [-0.2, -0.15) is 0 Å². The number of benzene rings is 1. The molecule has 1 aromatic carbocycles. The molecule has 0 aliphatic carbocycles. The van der Waals surface area contributed by atoms with Gasteiger partial charge in [-0.05, 0) is 31.1 Å². The monoisotopic (exact) mass is 190 g/mol. The second-order valence-corrected chi connectivity index (χ2v) is 3.35. The van der Waals surface area contributed by atoms with E-state index in [1.165, 1.54) is 0 Å². The third-order valence-corrected chi connectivity index (χ3v) is 1.81. The molecular weight excluding hydrogens is 176 g/mol. The number of carbonyl (C=O) groups is 1. The van der Waals surface area contributed by atoms with Gasteiger partial charge in [0.2, 0.25) is 0 Å². The van der Waals surface area contributed by atoms with Crippen LogP contribution in [0.25, 0.3) is 0 Å². The average molecular weight is 190 g/mol. The fraction of sp³-hybridized carbons (Fsp3) is 0.250. The Balaban J connectivity index is 2.70. The van der Waals surface area contributed by atoms with Crippen LogP contribution in [0, 0.1) is 6.92 Å². The fourth-order valence-corrected chi connectivity index (χ4v) is 1.07. The predicted molar refractivity (Wildman–Crippen MR) is 56.3 cm³/mol. The Kier molecular flexibility index (Phi) is 3.46. The zero-order chi connectivity index (χ0) is 10.6. The van der Waals surface area contributed by atoms with E-state index in [0.29, 0.717) is 5.56 Å². The van der Waals surface area contributed by atoms with E-state index >= 15 is 0 Å². The first-order valence-corrected chi connectivity index (χ1v) is 4.48. The molecule has 0 aliphatic rings. The van der Waals surface area contributed by atoms with Crippen LogP contribution in [0.15, 0.2) is 36.4 Å². The molecule has 74 valence electrons. The van der Waals surface area contributed by atoms with E-state index < -0.39 is 0 Å². The molecule has 0 radical (unpaired) electrons. The Morgan fingerprint density at radius 3 is 2.64 bits per heavy atom. The summed E-state index contributed by atoms with van der Waals surface area (Å²) in [4.78, 5) is 11.5. The summed E-state index contributed by atoms with van der Waals surface area (Å²) >= 11 is 0. The standard InChI is InChI=1S/C12H14O2/c1-9(2)8-14-12(13)11-7-5-4-6-10(11)3/h4-7H,1,8H2,2-3H3. The quantitative estimate of drug-likeness (QED) is 0.541. The Labute approximate surface area is 84.2 Å². The predicted octanol–water partition coefficient (Wildman–Crippen LogP) is 2.73. The highest BCUT2D eigenvalue weighted by atomic mass is 16.5. The number of ether oxygens (including phenoxy) is 1. The van der Waals surface area contributed by atoms with Crippen LogP contribution in [-0.2, 0) is 4.74 Å². The minimum absolute atomic E-state index is 0.285. The summed E-state index contributed by atoms with van der Waals surface area (Å²) < 4.78 is 5.03. The third-order valence-electron chi connectivity index (χ3n) is 1.81. The zero-order valence-corrected chi connectivity index (χ0v) is 8.54. The van der Waals surface area contributed by atoms with E-state index in [9.17, 15) is 4.79 Å². The van der Waals surface area contributed by atoms with Crippen LogP contribution in [0.4, 0.5) is 0 Å². The fourth-order valence-electron chi connectivity index (χ4n) is 1.07. The van der Waals surface area contributed by atoms with E-state index in [1.54, 1.807) is 6.07 Å². The van der Waals surface area contributed by atoms with Gasteiger partial charge in [0.1, 0.15) is 6.61 Å². The molecule has 0 amide bonds. The first-order valence-electron chi connectivity index (χ1n) is 4.48. The van der Waals surface area contributed by atoms with Gasteiger partial charge in [0, 0.05) is 0 Å². The largest absolute Gasteiger partial charge is 0.458 e. The molecule has 14 heavy (non-hydrogen) atoms. The van der Waals surface area contributed by atoms with E-state index in [4.69, 9.17) is 4.74 Å². The van der Waals surface area contributed by atoms with Crippen molar-refractivity contribution in [1.29, 1.82) is 0 Å². The number of hydrogen-bond donors (Lipinski definition) is 0. The number of hydrogen-bond acceptors (Lipinski definition) is 2. The van der Waals surface area contributed by atoms with Gasteiger partial charge in [0.15, 0.2) is 0 Å². The lowest BCUT2D eigenvalue weighted by molar-refractivity contribution is 0.0539. The molecule has 0 saturated carbocycles. The average Bonchev–Trinajstić information content (AvgIpc) is 2.15. The van der Waals surface area contributed by atoms with Gasteiger partial charge in [-0.15, -0.1) is 0 Å². The van der Waals surface area contributed by atoms with Crippen LogP contribution in [-0.4, -0.2) is 12.6 Å². The van der Waals surface area contributed by atoms with Crippen molar-refractivity contribution in [2.75, 3.05) is 6.61 Å². The van der Waals surface area contributed by atoms with Crippen molar-refractivity contribution in [3.63, 3.8) is 0 Å². The van der Waals surface area contributed by atoms with Crippen molar-refractivity contribution in [1.82, 2.24) is 0 Å². The summed E-state index contributed by atoms with van der Waals surface area (Å²) in [5.74, 6) is -0.286. The van der Waals surface area contributed by atoms with E-state index in [1.807, 2.05) is 32.0 Å². The Bertz CT molecular complexity index is 353. The number of rotatable bonds is 3. The van der Waals surface area contributed by atoms with E-state index in [2.05, 4.69) is 6.58 Å². The van der Waals surface area contributed by atoms with Gasteiger partial charge in [0.25, 0.3) is 0 Å². The van der Waals surface area contributed by atoms with Gasteiger partial charge in [0.05, 0.1) is 5.56 Å². The molecule has 0 heterocycles. The number of aryl methyl sites for hydroxylation is 1. The van der Waals surface area contributed by atoms with Crippen molar-refractivity contribution in [2.24, 2.45) is 0 Å². The summed E-state index contributed by atoms with van der Waals surface area (Å²) in [7, 11) is 0. The molecule has 0 fully saturated rings. The molecule has 1 rings (SSSR count). The first-order chi connectivity index (χ1) is 6.61. The molecule has 2 heteroatoms. The molecule has 2 nitrogen and oxygen atoms in total. The van der Waals surface area contributed by atoms with Crippen LogP contribution < -0.4 is 0 Å². The summed E-state index contributed by atoms with van der Waals surface area (Å²) in [6.45, 7) is 7.66. The highest BCUT2D eigenvalue weighted by molar-refractivity contribution is 5.91. The molecule has 0 aliphatic heterocycles. The number of carbonyl (C=O) groups excluding carboxylic acids is 1. The molecule has 0 bridgehead atoms. The maximum absolute atomic E-state index is 11.5. The van der Waals surface area contributed by atoms with Crippen molar-refractivity contribution >= 4 is 5.97 Å². The van der Waals surface area contributed by atoms with Crippen LogP contribution in [0.3, 0.4) is 0 Å². The summed E-state index contributed by atoms with van der Waals surface area (Å²) in [5, 5.41) is 0. The van der Waals surface area contributed by atoms with Crippen LogP contribution >= 0.6 is 0 Å². The Morgan fingerprint density at radius 2 is 2.07 bits per heavy atom. The van der Waals surface area contributed by atoms with Gasteiger partial charge in [-0.3, -0.25) is 0 Å². The lowest BCUT2D eigenvalue weighted by Crippen LogP contribution is -2.08. The van der Waals surface area contributed by atoms with Crippen LogP contribution in [0.1, 0.15) is 22.8 Å². The minimum atomic E-state index is -0.286. The van der Waals surface area contributed by atoms with Crippen molar-refractivity contribution in [2.45, 2.75) is 13.8 Å². The smallest absolute Gasteiger partial charge is 0.338 e. The molecule has 0 saturated heterocycles. The summed E-state index contributed by atoms with van der Waals surface area (Å²) in [6, 6.07) is 7.36. The first kappa shape index (κ1) is 10.5. The molecule has 1 aromatic rings. The van der Waals surface area contributed by atoms with E-state index in [-0.39, 0.29) is 12.6 Å². The van der Waals surface area contributed by atoms with Crippen LogP contribution in [0.5, 0.6) is 0 Å². The number of esters is 1.